The molecule has 1 saturated heterocycles. The normalized spacial score (nSPS) is 19.1. The Bertz CT molecular complexity index is 1130. The summed E-state index contributed by atoms with van der Waals surface area (Å²) in [5.74, 6) is 2.13. The summed E-state index contributed by atoms with van der Waals surface area (Å²) in [6, 6.07) is 4.18. The topological polar surface area (TPSA) is 127 Å². The monoisotopic (exact) mass is 491 g/mol. The molecule has 0 saturated carbocycles. The molecule has 0 aliphatic carbocycles. The minimum absolute atomic E-state index is 0.0990. The number of hydrogen-bond donors (Lipinski definition) is 1. The van der Waals surface area contributed by atoms with Crippen LogP contribution in [-0.2, 0) is 23.0 Å². The summed E-state index contributed by atoms with van der Waals surface area (Å²) < 4.78 is 30.1. The standard InChI is InChI=1S/C22H33N7O4S/c1-26(2)14-11-23-34(32,33)18-9-10-19(20(15-18)29(30)31)27-12-6-7-17(16-27)22-25-24-21-8-4-3-5-13-28(21)22/h9-10,15,17,23H,3-8,11-14,16H2,1-2H3. The molecule has 4 rings (SSSR count). The van der Waals surface area contributed by atoms with Gasteiger partial charge in [-0.3, -0.25) is 10.1 Å². The number of aromatic nitrogens is 3. The number of hydrogen-bond acceptors (Lipinski definition) is 8. The smallest absolute Gasteiger partial charge is 0.293 e. The van der Waals surface area contributed by atoms with Crippen molar-refractivity contribution in [3.8, 4) is 0 Å². The number of aryl methyl sites for hydroxylation is 1. The van der Waals surface area contributed by atoms with Gasteiger partial charge in [-0.1, -0.05) is 6.42 Å². The lowest BCUT2D eigenvalue weighted by Crippen LogP contribution is -2.36. The van der Waals surface area contributed by atoms with E-state index in [0.29, 0.717) is 25.3 Å². The van der Waals surface area contributed by atoms with E-state index < -0.39 is 14.9 Å². The predicted octanol–water partition coefficient (Wildman–Crippen LogP) is 2.14. The van der Waals surface area contributed by atoms with Crippen molar-refractivity contribution < 1.29 is 13.3 Å². The average molecular weight is 492 g/mol. The van der Waals surface area contributed by atoms with E-state index in [4.69, 9.17) is 0 Å². The molecular weight excluding hydrogens is 458 g/mol. The Kier molecular flexibility index (Phi) is 7.48. The molecule has 0 radical (unpaired) electrons. The summed E-state index contributed by atoms with van der Waals surface area (Å²) in [7, 11) is -0.153. The van der Waals surface area contributed by atoms with Crippen LogP contribution in [0.3, 0.4) is 0 Å². The highest BCUT2D eigenvalue weighted by molar-refractivity contribution is 7.89. The first-order chi connectivity index (χ1) is 16.3. The number of anilines is 1. The molecule has 12 heteroatoms. The first kappa shape index (κ1) is 24.6. The number of piperidine rings is 1. The van der Waals surface area contributed by atoms with Crippen molar-refractivity contribution in [2.45, 2.75) is 55.9 Å². The Labute approximate surface area is 200 Å². The van der Waals surface area contributed by atoms with Crippen LogP contribution in [-0.4, -0.2) is 73.3 Å². The molecule has 1 unspecified atom stereocenters. The molecule has 3 heterocycles. The maximum Gasteiger partial charge on any atom is 0.293 e. The van der Waals surface area contributed by atoms with Gasteiger partial charge < -0.3 is 14.4 Å². The van der Waals surface area contributed by atoms with Crippen LogP contribution in [0.5, 0.6) is 0 Å². The van der Waals surface area contributed by atoms with Crippen molar-refractivity contribution in [2.75, 3.05) is 45.2 Å². The van der Waals surface area contributed by atoms with Crippen molar-refractivity contribution in [3.05, 3.63) is 40.0 Å². The van der Waals surface area contributed by atoms with Gasteiger partial charge in [-0.2, -0.15) is 0 Å². The lowest BCUT2D eigenvalue weighted by atomic mass is 9.96. The van der Waals surface area contributed by atoms with Gasteiger partial charge in [-0.25, -0.2) is 13.1 Å². The Morgan fingerprint density at radius 1 is 1.18 bits per heavy atom. The molecule has 2 aliphatic heterocycles. The second-order valence-electron chi connectivity index (χ2n) is 9.33. The number of sulfonamides is 1. The van der Waals surface area contributed by atoms with Gasteiger partial charge >= 0.3 is 0 Å². The van der Waals surface area contributed by atoms with Gasteiger partial charge in [0.2, 0.25) is 10.0 Å². The van der Waals surface area contributed by atoms with Gasteiger partial charge in [0.25, 0.3) is 5.69 Å². The fourth-order valence-electron chi connectivity index (χ4n) is 4.79. The fraction of sp³-hybridized carbons (Fsp3) is 0.636. The zero-order valence-corrected chi connectivity index (χ0v) is 20.6. The van der Waals surface area contributed by atoms with Crippen LogP contribution >= 0.6 is 0 Å². The predicted molar refractivity (Wildman–Crippen MR) is 129 cm³/mol. The van der Waals surface area contributed by atoms with E-state index in [2.05, 4.69) is 19.5 Å². The Morgan fingerprint density at radius 3 is 2.76 bits per heavy atom. The Morgan fingerprint density at radius 2 is 2.00 bits per heavy atom. The zero-order valence-electron chi connectivity index (χ0n) is 19.8. The molecule has 0 bridgehead atoms. The van der Waals surface area contributed by atoms with Crippen molar-refractivity contribution in [2.24, 2.45) is 0 Å². The highest BCUT2D eigenvalue weighted by Crippen LogP contribution is 2.36. The molecular formula is C22H33N7O4S. The van der Waals surface area contributed by atoms with E-state index in [9.17, 15) is 18.5 Å². The number of nitrogens with one attached hydrogen (secondary N) is 1. The van der Waals surface area contributed by atoms with Crippen LogP contribution < -0.4 is 9.62 Å². The Balaban J connectivity index is 1.56. The second kappa shape index (κ2) is 10.4. The van der Waals surface area contributed by atoms with Crippen molar-refractivity contribution in [3.63, 3.8) is 0 Å². The van der Waals surface area contributed by atoms with Crippen molar-refractivity contribution in [1.82, 2.24) is 24.4 Å². The lowest BCUT2D eigenvalue weighted by Gasteiger charge is -2.33. The SMILES string of the molecule is CN(C)CCNS(=O)(=O)c1ccc(N2CCCC(c3nnc4n3CCCCC4)C2)c([N+](=O)[O-])c1. The molecule has 1 aromatic carbocycles. The third-order valence-electron chi connectivity index (χ3n) is 6.57. The van der Waals surface area contributed by atoms with Gasteiger partial charge in [-0.15, -0.1) is 10.2 Å². The quantitative estimate of drug-likeness (QED) is 0.440. The summed E-state index contributed by atoms with van der Waals surface area (Å²) in [5.41, 5.74) is 0.244. The van der Waals surface area contributed by atoms with Gasteiger partial charge in [0.1, 0.15) is 17.3 Å². The van der Waals surface area contributed by atoms with Crippen LogP contribution in [0.4, 0.5) is 11.4 Å². The second-order valence-corrected chi connectivity index (χ2v) is 11.1. The minimum atomic E-state index is -3.84. The number of nitro benzene ring substituents is 1. The van der Waals surface area contributed by atoms with Crippen LogP contribution in [0, 0.1) is 10.1 Å². The third kappa shape index (κ3) is 5.39. The van der Waals surface area contributed by atoms with E-state index in [-0.39, 0.29) is 23.0 Å². The van der Waals surface area contributed by atoms with Gasteiger partial charge in [0.05, 0.1) is 9.82 Å². The number of rotatable bonds is 8. The minimum Gasteiger partial charge on any atom is -0.365 e. The van der Waals surface area contributed by atoms with E-state index in [1.54, 1.807) is 6.07 Å². The van der Waals surface area contributed by atoms with Gasteiger partial charge in [0.15, 0.2) is 0 Å². The average Bonchev–Trinajstić information content (AvgIpc) is 3.06. The molecule has 2 aromatic rings. The van der Waals surface area contributed by atoms with Gasteiger partial charge in [0, 0.05) is 51.1 Å². The van der Waals surface area contributed by atoms with E-state index >= 15 is 0 Å². The summed E-state index contributed by atoms with van der Waals surface area (Å²) in [4.78, 5) is 15.2. The number of nitro groups is 1. The largest absolute Gasteiger partial charge is 0.365 e. The molecule has 186 valence electrons. The maximum absolute atomic E-state index is 12.7. The molecule has 1 atom stereocenters. The molecule has 1 aromatic heterocycles. The number of fused-ring (bicyclic) bond motifs is 1. The lowest BCUT2D eigenvalue weighted by molar-refractivity contribution is -0.384. The maximum atomic E-state index is 12.7. The van der Waals surface area contributed by atoms with Crippen LogP contribution in [0.1, 0.15) is 49.7 Å². The first-order valence-corrected chi connectivity index (χ1v) is 13.3. The molecule has 34 heavy (non-hydrogen) atoms. The van der Waals surface area contributed by atoms with E-state index in [1.165, 1.54) is 18.6 Å². The van der Waals surface area contributed by atoms with Crippen molar-refractivity contribution in [1.29, 1.82) is 0 Å². The van der Waals surface area contributed by atoms with Crippen LogP contribution in [0.2, 0.25) is 0 Å². The zero-order chi connectivity index (χ0) is 24.3. The summed E-state index contributed by atoms with van der Waals surface area (Å²) >= 11 is 0. The summed E-state index contributed by atoms with van der Waals surface area (Å²) in [5, 5.41) is 20.8. The molecule has 0 amide bonds. The Hall–Kier alpha value is -2.57. The molecule has 1 fully saturated rings. The van der Waals surface area contributed by atoms with E-state index in [0.717, 1.165) is 50.3 Å². The van der Waals surface area contributed by atoms with Crippen molar-refractivity contribution >= 4 is 21.4 Å². The van der Waals surface area contributed by atoms with E-state index in [1.807, 2.05) is 23.9 Å². The van der Waals surface area contributed by atoms with Crippen LogP contribution in [0.15, 0.2) is 23.1 Å². The molecule has 1 N–H and O–H groups in total. The number of nitrogens with zero attached hydrogens (tertiary/aromatic N) is 6. The highest BCUT2D eigenvalue weighted by atomic mass is 32.2. The highest BCUT2D eigenvalue weighted by Gasteiger charge is 2.31. The summed E-state index contributed by atoms with van der Waals surface area (Å²) in [6.45, 7) is 2.93. The fourth-order valence-corrected chi connectivity index (χ4v) is 5.83. The number of likely N-dealkylation sites (N-methyl/N-ethyl adjacent to an activating group) is 1. The van der Waals surface area contributed by atoms with Gasteiger partial charge in [-0.05, 0) is 51.9 Å². The third-order valence-corrected chi connectivity index (χ3v) is 8.03. The number of benzene rings is 1. The summed E-state index contributed by atoms with van der Waals surface area (Å²) in [6.07, 6.45) is 6.18. The molecule has 2 aliphatic rings. The molecule has 11 nitrogen and oxygen atoms in total. The first-order valence-electron chi connectivity index (χ1n) is 11.9. The van der Waals surface area contributed by atoms with Crippen LogP contribution in [0.25, 0.3) is 0 Å². The molecule has 0 spiro atoms.